The van der Waals surface area contributed by atoms with Gasteiger partial charge in [0.25, 0.3) is 0 Å². The Morgan fingerprint density at radius 3 is 2.53 bits per heavy atom. The zero-order valence-corrected chi connectivity index (χ0v) is 12.7. The Kier molecular flexibility index (Phi) is 5.46. The molecule has 3 nitrogen and oxygen atoms in total. The van der Waals surface area contributed by atoms with Gasteiger partial charge in [-0.3, -0.25) is 4.90 Å². The van der Waals surface area contributed by atoms with E-state index < -0.39 is 0 Å². The summed E-state index contributed by atoms with van der Waals surface area (Å²) < 4.78 is 5.86. The van der Waals surface area contributed by atoms with E-state index >= 15 is 0 Å². The van der Waals surface area contributed by atoms with Crippen molar-refractivity contribution in [2.75, 3.05) is 13.1 Å². The molecule has 1 aromatic rings. The number of hydrogen-bond acceptors (Lipinski definition) is 3. The molecule has 0 saturated heterocycles. The van der Waals surface area contributed by atoms with Gasteiger partial charge in [0.2, 0.25) is 0 Å². The van der Waals surface area contributed by atoms with Gasteiger partial charge in [-0.2, -0.15) is 0 Å². The highest BCUT2D eigenvalue weighted by molar-refractivity contribution is 5.21. The molecule has 0 aliphatic heterocycles. The van der Waals surface area contributed by atoms with Gasteiger partial charge in [-0.1, -0.05) is 13.8 Å². The fraction of sp³-hybridized carbons (Fsp3) is 0.750. The topological polar surface area (TPSA) is 28.4 Å². The minimum absolute atomic E-state index is 0.741. The number of aryl methyl sites for hydroxylation is 1. The van der Waals surface area contributed by atoms with Crippen LogP contribution in [0.3, 0.4) is 0 Å². The molecule has 0 amide bonds. The molecule has 1 aliphatic carbocycles. The summed E-state index contributed by atoms with van der Waals surface area (Å²) in [6.07, 6.45) is 5.08. The standard InChI is InChI=1S/C16H28N2O/c1-4-8-18(9-5-2)12-14-10-16(19-13(14)3)11-17-15-6-7-15/h10,15,17H,4-9,11-12H2,1-3H3. The van der Waals surface area contributed by atoms with Crippen LogP contribution in [0.25, 0.3) is 0 Å². The van der Waals surface area contributed by atoms with E-state index in [2.05, 4.69) is 37.1 Å². The van der Waals surface area contributed by atoms with E-state index in [-0.39, 0.29) is 0 Å². The summed E-state index contributed by atoms with van der Waals surface area (Å²) >= 11 is 0. The lowest BCUT2D eigenvalue weighted by molar-refractivity contribution is 0.265. The fourth-order valence-electron chi connectivity index (χ4n) is 2.51. The molecule has 0 radical (unpaired) electrons. The fourth-order valence-corrected chi connectivity index (χ4v) is 2.51. The molecule has 3 heteroatoms. The number of hydrogen-bond donors (Lipinski definition) is 1. The first kappa shape index (κ1) is 14.6. The van der Waals surface area contributed by atoms with Crippen molar-refractivity contribution in [3.63, 3.8) is 0 Å². The third-order valence-electron chi connectivity index (χ3n) is 3.69. The van der Waals surface area contributed by atoms with E-state index in [9.17, 15) is 0 Å². The van der Waals surface area contributed by atoms with E-state index in [0.717, 1.165) is 30.7 Å². The molecule has 1 fully saturated rings. The van der Waals surface area contributed by atoms with Crippen molar-refractivity contribution in [1.29, 1.82) is 0 Å². The van der Waals surface area contributed by atoms with Crippen LogP contribution in [-0.4, -0.2) is 24.0 Å². The summed E-state index contributed by atoms with van der Waals surface area (Å²) in [5, 5.41) is 3.51. The molecule has 108 valence electrons. The van der Waals surface area contributed by atoms with Crippen LogP contribution in [0.1, 0.15) is 56.6 Å². The largest absolute Gasteiger partial charge is 0.465 e. The second kappa shape index (κ2) is 7.11. The van der Waals surface area contributed by atoms with E-state index in [1.165, 1.54) is 44.3 Å². The summed E-state index contributed by atoms with van der Waals surface area (Å²) in [5.41, 5.74) is 1.36. The molecule has 1 aliphatic rings. The van der Waals surface area contributed by atoms with Gasteiger partial charge in [-0.25, -0.2) is 0 Å². The zero-order valence-electron chi connectivity index (χ0n) is 12.7. The molecule has 1 N–H and O–H groups in total. The lowest BCUT2D eigenvalue weighted by atomic mass is 10.2. The Bertz CT molecular complexity index is 376. The highest BCUT2D eigenvalue weighted by Crippen LogP contribution is 2.21. The summed E-state index contributed by atoms with van der Waals surface area (Å²) in [4.78, 5) is 2.52. The van der Waals surface area contributed by atoms with Crippen LogP contribution in [0, 0.1) is 6.92 Å². The van der Waals surface area contributed by atoms with Gasteiger partial charge in [-0.15, -0.1) is 0 Å². The normalized spacial score (nSPS) is 15.4. The number of rotatable bonds is 9. The van der Waals surface area contributed by atoms with Crippen LogP contribution in [0.4, 0.5) is 0 Å². The van der Waals surface area contributed by atoms with Crippen molar-refractivity contribution >= 4 is 0 Å². The highest BCUT2D eigenvalue weighted by Gasteiger charge is 2.21. The van der Waals surface area contributed by atoms with E-state index in [4.69, 9.17) is 4.42 Å². The first-order valence-electron chi connectivity index (χ1n) is 7.76. The van der Waals surface area contributed by atoms with Crippen molar-refractivity contribution in [2.24, 2.45) is 0 Å². The third kappa shape index (κ3) is 4.66. The molecule has 1 aromatic heterocycles. The predicted molar refractivity (Wildman–Crippen MR) is 79.2 cm³/mol. The summed E-state index contributed by atoms with van der Waals surface area (Å²) in [6, 6.07) is 2.98. The second-order valence-corrected chi connectivity index (χ2v) is 5.73. The SMILES string of the molecule is CCCN(CCC)Cc1cc(CNC2CC2)oc1C. The highest BCUT2D eigenvalue weighted by atomic mass is 16.3. The number of nitrogens with zero attached hydrogens (tertiary/aromatic N) is 1. The maximum absolute atomic E-state index is 5.86. The molecule has 0 spiro atoms. The Morgan fingerprint density at radius 2 is 1.95 bits per heavy atom. The smallest absolute Gasteiger partial charge is 0.118 e. The van der Waals surface area contributed by atoms with Gasteiger partial charge in [-0.05, 0) is 51.8 Å². The van der Waals surface area contributed by atoms with E-state index in [0.29, 0.717) is 0 Å². The first-order valence-corrected chi connectivity index (χ1v) is 7.76. The van der Waals surface area contributed by atoms with Crippen LogP contribution < -0.4 is 5.32 Å². The van der Waals surface area contributed by atoms with Crippen molar-refractivity contribution < 1.29 is 4.42 Å². The molecule has 0 bridgehead atoms. The molecule has 0 aromatic carbocycles. The summed E-state index contributed by atoms with van der Waals surface area (Å²) in [7, 11) is 0. The lowest BCUT2D eigenvalue weighted by Crippen LogP contribution is -2.25. The molecule has 19 heavy (non-hydrogen) atoms. The number of nitrogens with one attached hydrogen (secondary N) is 1. The second-order valence-electron chi connectivity index (χ2n) is 5.73. The number of furan rings is 1. The van der Waals surface area contributed by atoms with Crippen LogP contribution in [0.2, 0.25) is 0 Å². The quantitative estimate of drug-likeness (QED) is 0.740. The van der Waals surface area contributed by atoms with Gasteiger partial charge in [0, 0.05) is 18.2 Å². The van der Waals surface area contributed by atoms with E-state index in [1.807, 2.05) is 0 Å². The minimum Gasteiger partial charge on any atom is -0.465 e. The van der Waals surface area contributed by atoms with Gasteiger partial charge in [0.1, 0.15) is 11.5 Å². The van der Waals surface area contributed by atoms with Crippen molar-refractivity contribution in [3.8, 4) is 0 Å². The predicted octanol–water partition coefficient (Wildman–Crippen LogP) is 3.46. The Morgan fingerprint density at radius 1 is 1.26 bits per heavy atom. The Hall–Kier alpha value is -0.800. The van der Waals surface area contributed by atoms with Crippen LogP contribution >= 0.6 is 0 Å². The zero-order chi connectivity index (χ0) is 13.7. The maximum Gasteiger partial charge on any atom is 0.118 e. The van der Waals surface area contributed by atoms with Crippen molar-refractivity contribution in [2.45, 2.75) is 65.6 Å². The lowest BCUT2D eigenvalue weighted by Gasteiger charge is -2.20. The minimum atomic E-state index is 0.741. The average Bonchev–Trinajstić information content (AvgIpc) is 3.14. The Labute approximate surface area is 117 Å². The third-order valence-corrected chi connectivity index (χ3v) is 3.69. The maximum atomic E-state index is 5.86. The van der Waals surface area contributed by atoms with E-state index in [1.54, 1.807) is 0 Å². The van der Waals surface area contributed by atoms with Gasteiger partial charge in [0.05, 0.1) is 6.54 Å². The summed E-state index contributed by atoms with van der Waals surface area (Å²) in [5.74, 6) is 2.18. The molecule has 1 saturated carbocycles. The van der Waals surface area contributed by atoms with Crippen molar-refractivity contribution in [3.05, 3.63) is 23.2 Å². The Balaban J connectivity index is 1.89. The van der Waals surface area contributed by atoms with Gasteiger partial charge in [0.15, 0.2) is 0 Å². The molecule has 0 atom stereocenters. The molecule has 2 rings (SSSR count). The molecular weight excluding hydrogens is 236 g/mol. The molecule has 1 heterocycles. The monoisotopic (exact) mass is 264 g/mol. The van der Waals surface area contributed by atoms with Gasteiger partial charge >= 0.3 is 0 Å². The van der Waals surface area contributed by atoms with Crippen molar-refractivity contribution in [1.82, 2.24) is 10.2 Å². The van der Waals surface area contributed by atoms with Crippen LogP contribution in [0.5, 0.6) is 0 Å². The first-order chi connectivity index (χ1) is 9.22. The molecular formula is C16H28N2O. The van der Waals surface area contributed by atoms with Crippen LogP contribution in [-0.2, 0) is 13.1 Å². The summed E-state index contributed by atoms with van der Waals surface area (Å²) in [6.45, 7) is 10.8. The van der Waals surface area contributed by atoms with Crippen LogP contribution in [0.15, 0.2) is 10.5 Å². The molecule has 0 unspecified atom stereocenters. The average molecular weight is 264 g/mol. The van der Waals surface area contributed by atoms with Gasteiger partial charge < -0.3 is 9.73 Å².